The van der Waals surface area contributed by atoms with Crippen LogP contribution in [-0.2, 0) is 13.6 Å². The second kappa shape index (κ2) is 6.07. The molecule has 0 atom stereocenters. The summed E-state index contributed by atoms with van der Waals surface area (Å²) in [5.41, 5.74) is 5.32. The zero-order chi connectivity index (χ0) is 15.5. The molecule has 7 heteroatoms. The number of para-hydroxylation sites is 1. The highest BCUT2D eigenvalue weighted by Crippen LogP contribution is 2.27. The van der Waals surface area contributed by atoms with Crippen molar-refractivity contribution < 1.29 is 4.74 Å². The van der Waals surface area contributed by atoms with E-state index >= 15 is 0 Å². The van der Waals surface area contributed by atoms with Crippen molar-refractivity contribution in [2.45, 2.75) is 6.54 Å². The van der Waals surface area contributed by atoms with Crippen molar-refractivity contribution in [2.75, 3.05) is 12.5 Å². The maximum Gasteiger partial charge on any atom is 0.214 e. The summed E-state index contributed by atoms with van der Waals surface area (Å²) in [6.07, 6.45) is 2.01. The molecule has 0 radical (unpaired) electrons. The van der Waals surface area contributed by atoms with Gasteiger partial charge in [-0.05, 0) is 36.5 Å². The van der Waals surface area contributed by atoms with E-state index in [1.807, 2.05) is 43.6 Å². The Morgan fingerprint density at radius 1 is 1.27 bits per heavy atom. The molecule has 2 N–H and O–H groups in total. The summed E-state index contributed by atoms with van der Waals surface area (Å²) >= 11 is 5.31. The van der Waals surface area contributed by atoms with Gasteiger partial charge in [0.2, 0.25) is 4.77 Å². The number of hydrogen-bond donors (Lipinski definition) is 2. The first kappa shape index (κ1) is 14.4. The van der Waals surface area contributed by atoms with Gasteiger partial charge in [0, 0.05) is 18.9 Å². The molecule has 3 rings (SSSR count). The molecule has 3 aromatic rings. The van der Waals surface area contributed by atoms with Crippen molar-refractivity contribution in [3.8, 4) is 17.1 Å². The Morgan fingerprint density at radius 2 is 2.09 bits per heavy atom. The molecule has 2 aromatic heterocycles. The first-order valence-electron chi connectivity index (χ1n) is 6.85. The van der Waals surface area contributed by atoms with E-state index in [0.29, 0.717) is 17.1 Å². The van der Waals surface area contributed by atoms with Crippen LogP contribution in [-0.4, -0.2) is 26.6 Å². The van der Waals surface area contributed by atoms with Gasteiger partial charge in [0.25, 0.3) is 0 Å². The number of aromatic nitrogens is 4. The number of methoxy groups -OCH3 is 1. The predicted molar refractivity (Wildman–Crippen MR) is 87.9 cm³/mol. The van der Waals surface area contributed by atoms with E-state index in [1.165, 1.54) is 0 Å². The third kappa shape index (κ3) is 2.62. The Hall–Kier alpha value is -2.54. The van der Waals surface area contributed by atoms with Gasteiger partial charge < -0.3 is 14.7 Å². The summed E-state index contributed by atoms with van der Waals surface area (Å²) < 4.78 is 9.73. The summed E-state index contributed by atoms with van der Waals surface area (Å²) in [6, 6.07) is 11.8. The van der Waals surface area contributed by atoms with Crippen LogP contribution in [0.15, 0.2) is 42.6 Å². The van der Waals surface area contributed by atoms with Gasteiger partial charge in [-0.1, -0.05) is 12.1 Å². The number of rotatable bonds is 5. The number of nitrogens with zero attached hydrogens (tertiary/aromatic N) is 3. The van der Waals surface area contributed by atoms with Gasteiger partial charge in [0.1, 0.15) is 5.75 Å². The molecule has 0 saturated carbocycles. The number of benzene rings is 1. The van der Waals surface area contributed by atoms with Crippen LogP contribution in [0.1, 0.15) is 5.69 Å². The van der Waals surface area contributed by atoms with Crippen LogP contribution in [0.3, 0.4) is 0 Å². The Kier molecular flexibility index (Phi) is 3.97. The average molecular weight is 315 g/mol. The molecule has 0 aliphatic heterocycles. The maximum absolute atomic E-state index is 5.40. The van der Waals surface area contributed by atoms with Gasteiger partial charge in [-0.25, -0.2) is 9.77 Å². The Bertz CT molecular complexity index is 832. The van der Waals surface area contributed by atoms with Gasteiger partial charge in [0.15, 0.2) is 5.82 Å². The molecule has 114 valence electrons. The second-order valence-electron chi connectivity index (χ2n) is 4.83. The molecule has 0 aliphatic rings. The summed E-state index contributed by atoms with van der Waals surface area (Å²) in [7, 11) is 3.65. The van der Waals surface area contributed by atoms with Gasteiger partial charge in [-0.2, -0.15) is 5.10 Å². The molecule has 0 saturated heterocycles. The molecule has 22 heavy (non-hydrogen) atoms. The van der Waals surface area contributed by atoms with Crippen molar-refractivity contribution >= 4 is 12.2 Å². The van der Waals surface area contributed by atoms with Gasteiger partial charge in [-0.15, -0.1) is 0 Å². The van der Waals surface area contributed by atoms with Crippen molar-refractivity contribution in [1.29, 1.82) is 0 Å². The largest absolute Gasteiger partial charge is 0.496 e. The number of H-pyrrole nitrogens is 1. The molecule has 0 bridgehead atoms. The topological polar surface area (TPSA) is 59.8 Å². The Morgan fingerprint density at radius 3 is 2.82 bits per heavy atom. The highest BCUT2D eigenvalue weighted by molar-refractivity contribution is 7.71. The Balaban J connectivity index is 1.94. The van der Waals surface area contributed by atoms with E-state index in [9.17, 15) is 0 Å². The van der Waals surface area contributed by atoms with E-state index in [2.05, 4.69) is 26.3 Å². The third-order valence-electron chi connectivity index (χ3n) is 3.49. The molecule has 1 aromatic carbocycles. The fraction of sp³-hybridized carbons (Fsp3) is 0.200. The van der Waals surface area contributed by atoms with E-state index in [4.69, 9.17) is 17.0 Å². The fourth-order valence-electron chi connectivity index (χ4n) is 2.29. The molecule has 0 fully saturated rings. The summed E-state index contributed by atoms with van der Waals surface area (Å²) in [4.78, 5) is 0. The minimum Gasteiger partial charge on any atom is -0.496 e. The van der Waals surface area contributed by atoms with Crippen LogP contribution in [0, 0.1) is 4.77 Å². The van der Waals surface area contributed by atoms with Gasteiger partial charge in [0.05, 0.1) is 19.2 Å². The summed E-state index contributed by atoms with van der Waals surface area (Å²) in [6.45, 7) is 0.638. The van der Waals surface area contributed by atoms with E-state index in [-0.39, 0.29) is 0 Å². The Labute approximate surface area is 133 Å². The molecule has 0 spiro atoms. The number of ether oxygens (including phenoxy) is 1. The zero-order valence-electron chi connectivity index (χ0n) is 12.4. The lowest BCUT2D eigenvalue weighted by molar-refractivity contribution is 0.416. The van der Waals surface area contributed by atoms with Gasteiger partial charge >= 0.3 is 0 Å². The highest BCUT2D eigenvalue weighted by Gasteiger charge is 2.13. The van der Waals surface area contributed by atoms with Crippen molar-refractivity contribution in [1.82, 2.24) is 19.4 Å². The summed E-state index contributed by atoms with van der Waals surface area (Å²) in [5, 5.41) is 7.14. The smallest absolute Gasteiger partial charge is 0.214 e. The van der Waals surface area contributed by atoms with Gasteiger partial charge in [-0.3, -0.25) is 0 Å². The van der Waals surface area contributed by atoms with Crippen LogP contribution >= 0.6 is 12.2 Å². The highest BCUT2D eigenvalue weighted by atomic mass is 32.1. The summed E-state index contributed by atoms with van der Waals surface area (Å²) in [5.74, 6) is 1.44. The molecule has 0 aliphatic carbocycles. The second-order valence-corrected chi connectivity index (χ2v) is 5.22. The van der Waals surface area contributed by atoms with Crippen molar-refractivity contribution in [3.05, 3.63) is 53.1 Å². The lowest BCUT2D eigenvalue weighted by Gasteiger charge is -2.12. The molecule has 0 amide bonds. The quantitative estimate of drug-likeness (QED) is 0.711. The van der Waals surface area contributed by atoms with Crippen LogP contribution < -0.4 is 10.2 Å². The lowest BCUT2D eigenvalue weighted by atomic mass is 10.2. The van der Waals surface area contributed by atoms with E-state index < -0.39 is 0 Å². The van der Waals surface area contributed by atoms with Crippen molar-refractivity contribution in [2.24, 2.45) is 7.05 Å². The molecule has 6 nitrogen and oxygen atoms in total. The molecular formula is C15H17N5OS. The normalized spacial score (nSPS) is 10.6. The van der Waals surface area contributed by atoms with Crippen LogP contribution in [0.25, 0.3) is 11.4 Å². The number of nitrogens with one attached hydrogen (secondary N) is 2. The average Bonchev–Trinajstić information content (AvgIpc) is 3.11. The molecule has 2 heterocycles. The standard InChI is InChI=1S/C15H17N5OS/c1-19-9-5-6-11(19)10-16-20-14(17-18-15(20)22)12-7-3-4-8-13(12)21-2/h3-9,16H,10H2,1-2H3,(H,18,22). The SMILES string of the molecule is COc1ccccc1-c1n[nH]c(=S)n1NCc1cccn1C. The van der Waals surface area contributed by atoms with Crippen LogP contribution in [0.5, 0.6) is 5.75 Å². The first-order valence-corrected chi connectivity index (χ1v) is 7.26. The maximum atomic E-state index is 5.40. The number of aryl methyl sites for hydroxylation is 1. The monoisotopic (exact) mass is 315 g/mol. The number of aromatic amines is 1. The minimum atomic E-state index is 0.509. The van der Waals surface area contributed by atoms with Crippen LogP contribution in [0.2, 0.25) is 0 Å². The first-order chi connectivity index (χ1) is 10.7. The van der Waals surface area contributed by atoms with E-state index in [0.717, 1.165) is 17.0 Å². The number of hydrogen-bond acceptors (Lipinski definition) is 4. The minimum absolute atomic E-state index is 0.509. The molecule has 0 unspecified atom stereocenters. The van der Waals surface area contributed by atoms with E-state index in [1.54, 1.807) is 11.8 Å². The zero-order valence-corrected chi connectivity index (χ0v) is 13.2. The molecular weight excluding hydrogens is 298 g/mol. The third-order valence-corrected chi connectivity index (χ3v) is 3.76. The predicted octanol–water partition coefficient (Wildman–Crippen LogP) is 2.70. The fourth-order valence-corrected chi connectivity index (χ4v) is 2.49. The van der Waals surface area contributed by atoms with Crippen molar-refractivity contribution in [3.63, 3.8) is 0 Å². The lowest BCUT2D eigenvalue weighted by Crippen LogP contribution is -2.17. The van der Waals surface area contributed by atoms with Crippen LogP contribution in [0.4, 0.5) is 0 Å².